The standard InChI is InChI=1S/C22H25NO2/c24-22(25-21-16-23-13-11-19(21)12-14-23)20(18-9-5-2-6-10-18)15-17-7-3-1-4-8-17/h1-10,19-21H,11-16H2/t20?,21-/m0/s1. The maximum Gasteiger partial charge on any atom is 0.314 e. The third-order valence-corrected chi connectivity index (χ3v) is 5.63. The Morgan fingerprint density at radius 1 is 1.00 bits per heavy atom. The Kier molecular flexibility index (Phi) is 4.84. The van der Waals surface area contributed by atoms with E-state index in [0.29, 0.717) is 12.3 Å². The number of ether oxygens (including phenoxy) is 1. The molecule has 130 valence electrons. The number of hydrogen-bond donors (Lipinski definition) is 0. The van der Waals surface area contributed by atoms with Crippen LogP contribution in [0.3, 0.4) is 0 Å². The van der Waals surface area contributed by atoms with Crippen molar-refractivity contribution in [1.82, 2.24) is 4.90 Å². The Morgan fingerprint density at radius 3 is 2.24 bits per heavy atom. The summed E-state index contributed by atoms with van der Waals surface area (Å²) in [6.45, 7) is 3.22. The van der Waals surface area contributed by atoms with Gasteiger partial charge in [-0.2, -0.15) is 0 Å². The van der Waals surface area contributed by atoms with E-state index in [1.54, 1.807) is 0 Å². The van der Waals surface area contributed by atoms with Crippen LogP contribution in [0.1, 0.15) is 29.9 Å². The Bertz CT molecular complexity index is 692. The Hall–Kier alpha value is -2.13. The van der Waals surface area contributed by atoms with Gasteiger partial charge in [-0.05, 0) is 49.4 Å². The Labute approximate surface area is 149 Å². The highest BCUT2D eigenvalue weighted by Gasteiger charge is 2.37. The molecule has 3 fully saturated rings. The van der Waals surface area contributed by atoms with Crippen molar-refractivity contribution >= 4 is 5.97 Å². The number of piperidine rings is 3. The lowest BCUT2D eigenvalue weighted by molar-refractivity contribution is -0.160. The molecule has 3 aliphatic heterocycles. The average Bonchev–Trinajstić information content (AvgIpc) is 2.68. The molecule has 2 aromatic carbocycles. The zero-order chi connectivity index (χ0) is 17.1. The lowest BCUT2D eigenvalue weighted by Crippen LogP contribution is -2.52. The number of fused-ring (bicyclic) bond motifs is 3. The second-order valence-electron chi connectivity index (χ2n) is 7.27. The predicted octanol–water partition coefficient (Wildman–Crippen LogP) is 3.65. The molecule has 0 aromatic heterocycles. The normalized spacial score (nSPS) is 26.2. The highest BCUT2D eigenvalue weighted by Crippen LogP contribution is 2.31. The van der Waals surface area contributed by atoms with Crippen LogP contribution in [0.4, 0.5) is 0 Å². The van der Waals surface area contributed by atoms with Crippen molar-refractivity contribution in [2.75, 3.05) is 19.6 Å². The van der Waals surface area contributed by atoms with Crippen LogP contribution in [0.2, 0.25) is 0 Å². The predicted molar refractivity (Wildman–Crippen MR) is 98.4 cm³/mol. The second kappa shape index (κ2) is 7.40. The van der Waals surface area contributed by atoms with Crippen LogP contribution < -0.4 is 0 Å². The third-order valence-electron chi connectivity index (χ3n) is 5.63. The summed E-state index contributed by atoms with van der Waals surface area (Å²) in [6.07, 6.45) is 3.07. The first-order chi connectivity index (χ1) is 12.3. The molecular weight excluding hydrogens is 310 g/mol. The molecule has 3 aliphatic rings. The number of hydrogen-bond acceptors (Lipinski definition) is 3. The Morgan fingerprint density at radius 2 is 1.64 bits per heavy atom. The maximum atomic E-state index is 13.1. The van der Waals surface area contributed by atoms with Gasteiger partial charge in [-0.25, -0.2) is 0 Å². The Balaban J connectivity index is 1.52. The summed E-state index contributed by atoms with van der Waals surface area (Å²) in [5.41, 5.74) is 2.21. The van der Waals surface area contributed by atoms with Gasteiger partial charge in [0.25, 0.3) is 0 Å². The number of rotatable bonds is 5. The molecule has 2 bridgehead atoms. The van der Waals surface area contributed by atoms with Gasteiger partial charge in [0.05, 0.1) is 5.92 Å². The van der Waals surface area contributed by atoms with Crippen LogP contribution in [0.15, 0.2) is 60.7 Å². The zero-order valence-electron chi connectivity index (χ0n) is 14.5. The number of nitrogens with zero attached hydrogens (tertiary/aromatic N) is 1. The second-order valence-corrected chi connectivity index (χ2v) is 7.27. The fraction of sp³-hybridized carbons (Fsp3) is 0.409. The number of esters is 1. The molecule has 3 nitrogen and oxygen atoms in total. The fourth-order valence-electron chi connectivity index (χ4n) is 4.15. The molecule has 0 aliphatic carbocycles. The molecule has 0 N–H and O–H groups in total. The fourth-order valence-corrected chi connectivity index (χ4v) is 4.15. The molecule has 3 heterocycles. The van der Waals surface area contributed by atoms with Crippen LogP contribution in [0.5, 0.6) is 0 Å². The number of benzene rings is 2. The number of carbonyl (C=O) groups is 1. The van der Waals surface area contributed by atoms with Gasteiger partial charge < -0.3 is 4.74 Å². The van der Waals surface area contributed by atoms with Crippen LogP contribution in [0.25, 0.3) is 0 Å². The molecule has 0 saturated carbocycles. The lowest BCUT2D eigenvalue weighted by atomic mass is 9.85. The van der Waals surface area contributed by atoms with E-state index in [0.717, 1.165) is 38.0 Å². The lowest BCUT2D eigenvalue weighted by Gasteiger charge is -2.44. The van der Waals surface area contributed by atoms with Gasteiger partial charge in [-0.3, -0.25) is 9.69 Å². The van der Waals surface area contributed by atoms with Crippen molar-refractivity contribution in [2.24, 2.45) is 5.92 Å². The van der Waals surface area contributed by atoms with Crippen LogP contribution in [0, 0.1) is 5.92 Å². The quantitative estimate of drug-likeness (QED) is 0.781. The van der Waals surface area contributed by atoms with Crippen molar-refractivity contribution < 1.29 is 9.53 Å². The first-order valence-electron chi connectivity index (χ1n) is 9.31. The van der Waals surface area contributed by atoms with Gasteiger partial charge in [0.15, 0.2) is 0 Å². The summed E-state index contributed by atoms with van der Waals surface area (Å²) in [5.74, 6) is 0.231. The number of carbonyl (C=O) groups excluding carboxylic acids is 1. The molecule has 3 heteroatoms. The molecule has 3 saturated heterocycles. The summed E-state index contributed by atoms with van der Waals surface area (Å²) < 4.78 is 6.03. The largest absolute Gasteiger partial charge is 0.460 e. The van der Waals surface area contributed by atoms with Crippen LogP contribution in [-0.4, -0.2) is 36.6 Å². The van der Waals surface area contributed by atoms with Crippen LogP contribution >= 0.6 is 0 Å². The van der Waals surface area contributed by atoms with E-state index in [2.05, 4.69) is 17.0 Å². The minimum Gasteiger partial charge on any atom is -0.460 e. The van der Waals surface area contributed by atoms with E-state index in [9.17, 15) is 4.79 Å². The van der Waals surface area contributed by atoms with E-state index in [1.807, 2.05) is 48.5 Å². The molecule has 25 heavy (non-hydrogen) atoms. The van der Waals surface area contributed by atoms with Gasteiger partial charge in [0.1, 0.15) is 6.10 Å². The monoisotopic (exact) mass is 335 g/mol. The van der Waals surface area contributed by atoms with Crippen LogP contribution in [-0.2, 0) is 16.0 Å². The van der Waals surface area contributed by atoms with E-state index in [-0.39, 0.29) is 18.0 Å². The molecule has 0 spiro atoms. The third kappa shape index (κ3) is 3.77. The van der Waals surface area contributed by atoms with Gasteiger partial charge in [-0.15, -0.1) is 0 Å². The van der Waals surface area contributed by atoms with Crippen molar-refractivity contribution in [3.63, 3.8) is 0 Å². The summed E-state index contributed by atoms with van der Waals surface area (Å²) in [4.78, 5) is 15.5. The minimum absolute atomic E-state index is 0.0667. The SMILES string of the molecule is O=C(O[C@H]1CN2CCC1CC2)C(Cc1ccccc1)c1ccccc1. The summed E-state index contributed by atoms with van der Waals surface area (Å²) >= 11 is 0. The molecule has 2 atom stereocenters. The van der Waals surface area contributed by atoms with Gasteiger partial charge >= 0.3 is 5.97 Å². The smallest absolute Gasteiger partial charge is 0.314 e. The first kappa shape index (κ1) is 16.3. The van der Waals surface area contributed by atoms with Crippen molar-refractivity contribution in [1.29, 1.82) is 0 Å². The van der Waals surface area contributed by atoms with E-state index in [1.165, 1.54) is 5.56 Å². The summed E-state index contributed by atoms with van der Waals surface area (Å²) in [7, 11) is 0. The molecule has 1 unspecified atom stereocenters. The van der Waals surface area contributed by atoms with Gasteiger partial charge in [0.2, 0.25) is 0 Å². The van der Waals surface area contributed by atoms with Gasteiger partial charge in [0, 0.05) is 6.54 Å². The maximum absolute atomic E-state index is 13.1. The first-order valence-corrected chi connectivity index (χ1v) is 9.31. The van der Waals surface area contributed by atoms with Crippen molar-refractivity contribution in [2.45, 2.75) is 31.3 Å². The van der Waals surface area contributed by atoms with E-state index in [4.69, 9.17) is 4.74 Å². The highest BCUT2D eigenvalue weighted by molar-refractivity contribution is 5.78. The molecule has 0 radical (unpaired) electrons. The molecule has 0 amide bonds. The van der Waals surface area contributed by atoms with E-state index >= 15 is 0 Å². The van der Waals surface area contributed by atoms with Crippen molar-refractivity contribution in [3.8, 4) is 0 Å². The summed E-state index contributed by atoms with van der Waals surface area (Å²) in [5, 5.41) is 0. The van der Waals surface area contributed by atoms with Gasteiger partial charge in [-0.1, -0.05) is 60.7 Å². The molecular formula is C22H25NO2. The van der Waals surface area contributed by atoms with Crippen molar-refractivity contribution in [3.05, 3.63) is 71.8 Å². The zero-order valence-corrected chi connectivity index (χ0v) is 14.5. The summed E-state index contributed by atoms with van der Waals surface area (Å²) in [6, 6.07) is 20.3. The highest BCUT2D eigenvalue weighted by atomic mass is 16.5. The molecule has 5 rings (SSSR count). The average molecular weight is 335 g/mol. The molecule has 2 aromatic rings. The van der Waals surface area contributed by atoms with E-state index < -0.39 is 0 Å². The topological polar surface area (TPSA) is 29.5 Å². The minimum atomic E-state index is -0.237.